The molecule has 0 spiro atoms. The van der Waals surface area contributed by atoms with Gasteiger partial charge in [0.15, 0.2) is 0 Å². The highest BCUT2D eigenvalue weighted by Crippen LogP contribution is 2.69. The summed E-state index contributed by atoms with van der Waals surface area (Å²) in [6, 6.07) is 17.3. The summed E-state index contributed by atoms with van der Waals surface area (Å²) in [5.41, 5.74) is 4.15. The number of hydrogen-bond donors (Lipinski definition) is 1. The molecule has 1 fully saturated rings. The molecule has 1 N–H and O–H groups in total. The molecule has 1 aliphatic heterocycles. The molecule has 5 nitrogen and oxygen atoms in total. The Labute approximate surface area is 249 Å². The van der Waals surface area contributed by atoms with Gasteiger partial charge in [0.05, 0.1) is 16.9 Å². The molecule has 3 aromatic rings. The topological polar surface area (TPSA) is 66.5 Å². The number of amides is 3. The monoisotopic (exact) mass is 644 g/mol. The first-order valence-electron chi connectivity index (χ1n) is 12.6. The van der Waals surface area contributed by atoms with Gasteiger partial charge in [-0.2, -0.15) is 0 Å². The van der Waals surface area contributed by atoms with Crippen LogP contribution in [0.25, 0.3) is 0 Å². The number of alkyl halides is 2. The molecule has 0 saturated carbocycles. The van der Waals surface area contributed by atoms with Crippen LogP contribution in [0.1, 0.15) is 41.7 Å². The second kappa shape index (κ2) is 9.07. The fourth-order valence-electron chi connectivity index (χ4n) is 6.67. The third-order valence-electron chi connectivity index (χ3n) is 8.32. The lowest BCUT2D eigenvalue weighted by atomic mass is 9.54. The molecule has 39 heavy (non-hydrogen) atoms. The first-order valence-corrected chi connectivity index (χ1v) is 14.6. The number of hydrogen-bond acceptors (Lipinski definition) is 3. The second-order valence-corrected chi connectivity index (χ2v) is 13.2. The van der Waals surface area contributed by atoms with Gasteiger partial charge >= 0.3 is 0 Å². The Morgan fingerprint density at radius 2 is 1.33 bits per heavy atom. The van der Waals surface area contributed by atoms with E-state index in [0.29, 0.717) is 15.2 Å². The number of carbonyl (C=O) groups excluding carboxylic acids is 3. The molecule has 1 saturated heterocycles. The van der Waals surface area contributed by atoms with Crippen LogP contribution in [0.2, 0.25) is 5.02 Å². The first kappa shape index (κ1) is 26.8. The number of imide groups is 1. The first-order chi connectivity index (χ1) is 18.4. The van der Waals surface area contributed by atoms with Crippen molar-refractivity contribution in [2.45, 2.75) is 36.6 Å². The van der Waals surface area contributed by atoms with Crippen LogP contribution >= 0.6 is 50.7 Å². The highest BCUT2D eigenvalue weighted by atomic mass is 79.9. The summed E-state index contributed by atoms with van der Waals surface area (Å²) in [5, 5.41) is 3.32. The van der Waals surface area contributed by atoms with Crippen LogP contribution in [0.5, 0.6) is 0 Å². The van der Waals surface area contributed by atoms with E-state index in [2.05, 4.69) is 21.2 Å². The maximum atomic E-state index is 14.3. The summed E-state index contributed by atoms with van der Waals surface area (Å²) in [6.07, 6.45) is 0. The van der Waals surface area contributed by atoms with Crippen molar-refractivity contribution < 1.29 is 14.4 Å². The number of rotatable bonds is 4. The zero-order valence-electron chi connectivity index (χ0n) is 21.3. The van der Waals surface area contributed by atoms with Crippen molar-refractivity contribution in [3.8, 4) is 0 Å². The molecule has 4 aliphatic rings. The van der Waals surface area contributed by atoms with Gasteiger partial charge in [-0.25, -0.2) is 0 Å². The fourth-order valence-corrected chi connectivity index (χ4v) is 8.39. The number of benzene rings is 3. The van der Waals surface area contributed by atoms with Gasteiger partial charge in [-0.3, -0.25) is 19.3 Å². The van der Waals surface area contributed by atoms with E-state index >= 15 is 0 Å². The zero-order valence-corrected chi connectivity index (χ0v) is 25.1. The van der Waals surface area contributed by atoms with Crippen molar-refractivity contribution in [2.24, 2.45) is 17.8 Å². The van der Waals surface area contributed by atoms with E-state index in [9.17, 15) is 14.4 Å². The molecule has 7 rings (SSSR count). The van der Waals surface area contributed by atoms with Crippen molar-refractivity contribution in [1.29, 1.82) is 0 Å². The molecule has 3 aromatic carbocycles. The Hall–Kier alpha value is -2.38. The van der Waals surface area contributed by atoms with Crippen LogP contribution in [0.4, 0.5) is 5.69 Å². The number of halogens is 4. The van der Waals surface area contributed by atoms with Crippen molar-refractivity contribution in [2.75, 3.05) is 5.32 Å². The van der Waals surface area contributed by atoms with Crippen molar-refractivity contribution in [1.82, 2.24) is 4.90 Å². The largest absolute Gasteiger partial charge is 0.324 e. The van der Waals surface area contributed by atoms with Crippen molar-refractivity contribution >= 4 is 74.1 Å². The van der Waals surface area contributed by atoms with Gasteiger partial charge < -0.3 is 5.32 Å². The minimum absolute atomic E-state index is 0.385. The fraction of sp³-hybridized carbons (Fsp3) is 0.300. The standard InChI is InChI=1S/C30H24BrCl3N2O3/c1-14(2)25(26(37)35-22-13-21(32)20(31)12-15(22)3)36-27(38)23-24(28(36)39)30(34)17-9-5-4-8-16(17)29(23,33)18-10-6-7-11-19(18)30/h4-14,23-25H,1-3H3,(H,35,37)/t23-,24-,25+,29?,30?/m1/s1. The van der Waals surface area contributed by atoms with Gasteiger partial charge in [-0.05, 0) is 68.7 Å². The van der Waals surface area contributed by atoms with Gasteiger partial charge in [0, 0.05) is 10.2 Å². The molecular weight excluding hydrogens is 623 g/mol. The minimum atomic E-state index is -1.30. The Morgan fingerprint density at radius 1 is 0.897 bits per heavy atom. The van der Waals surface area contributed by atoms with Crippen molar-refractivity contribution in [3.63, 3.8) is 0 Å². The van der Waals surface area contributed by atoms with E-state index < -0.39 is 45.3 Å². The predicted molar refractivity (Wildman–Crippen MR) is 156 cm³/mol. The molecule has 0 unspecified atom stereocenters. The lowest BCUT2D eigenvalue weighted by Gasteiger charge is -2.54. The number of likely N-dealkylation sites (tertiary alicyclic amines) is 1. The summed E-state index contributed by atoms with van der Waals surface area (Å²) < 4.78 is 0.698. The summed E-state index contributed by atoms with van der Waals surface area (Å²) in [5.74, 6) is -3.79. The predicted octanol–water partition coefficient (Wildman–Crippen LogP) is 6.97. The summed E-state index contributed by atoms with van der Waals surface area (Å²) in [4.78, 5) is 40.9. The van der Waals surface area contributed by atoms with Gasteiger partial charge in [0.1, 0.15) is 15.8 Å². The average molecular weight is 647 g/mol. The molecule has 3 amide bonds. The van der Waals surface area contributed by atoms with Crippen LogP contribution in [0.15, 0.2) is 65.1 Å². The van der Waals surface area contributed by atoms with E-state index in [1.54, 1.807) is 26.0 Å². The van der Waals surface area contributed by atoms with Crippen LogP contribution in [0, 0.1) is 24.7 Å². The lowest BCUT2D eigenvalue weighted by Crippen LogP contribution is -2.57. The van der Waals surface area contributed by atoms with Crippen LogP contribution in [0.3, 0.4) is 0 Å². The van der Waals surface area contributed by atoms with Crippen LogP contribution in [-0.2, 0) is 24.1 Å². The van der Waals surface area contributed by atoms with E-state index in [0.717, 1.165) is 32.7 Å². The van der Waals surface area contributed by atoms with Gasteiger partial charge in [-0.1, -0.05) is 74.0 Å². The van der Waals surface area contributed by atoms with Gasteiger partial charge in [0.25, 0.3) is 0 Å². The molecule has 200 valence electrons. The third kappa shape index (κ3) is 3.48. The Bertz CT molecular complexity index is 1470. The quantitative estimate of drug-likeness (QED) is 0.246. The minimum Gasteiger partial charge on any atom is -0.324 e. The van der Waals surface area contributed by atoms with Gasteiger partial charge in [0.2, 0.25) is 17.7 Å². The Kier molecular flexibility index (Phi) is 6.24. The second-order valence-electron chi connectivity index (χ2n) is 10.8. The van der Waals surface area contributed by atoms with Crippen LogP contribution in [-0.4, -0.2) is 28.7 Å². The van der Waals surface area contributed by atoms with E-state index in [-0.39, 0.29) is 5.92 Å². The normalized spacial score (nSPS) is 27.3. The van der Waals surface area contributed by atoms with E-state index in [1.807, 2.05) is 55.5 Å². The SMILES string of the molecule is Cc1cc(Br)c(Cl)cc1NC(=O)[C@H](C(C)C)N1C(=O)[C@H]2[C@H](C1=O)C1(Cl)c3ccccc3C2(Cl)c2ccccc21. The highest BCUT2D eigenvalue weighted by Gasteiger charge is 2.73. The summed E-state index contributed by atoms with van der Waals surface area (Å²) in [6.45, 7) is 5.45. The van der Waals surface area contributed by atoms with Crippen LogP contribution < -0.4 is 5.32 Å². The molecule has 1 heterocycles. The number of aryl methyl sites for hydroxylation is 1. The number of anilines is 1. The molecule has 0 radical (unpaired) electrons. The average Bonchev–Trinajstić information content (AvgIpc) is 3.17. The number of nitrogens with one attached hydrogen (secondary N) is 1. The lowest BCUT2D eigenvalue weighted by molar-refractivity contribution is -0.148. The van der Waals surface area contributed by atoms with Gasteiger partial charge in [-0.15, -0.1) is 23.2 Å². The molecule has 2 bridgehead atoms. The molecule has 3 aliphatic carbocycles. The Morgan fingerprint density at radius 3 is 1.74 bits per heavy atom. The molecule has 9 heteroatoms. The maximum absolute atomic E-state index is 14.3. The van der Waals surface area contributed by atoms with Crippen molar-refractivity contribution in [3.05, 3.63) is 98.0 Å². The smallest absolute Gasteiger partial charge is 0.247 e. The zero-order chi connectivity index (χ0) is 28.0. The maximum Gasteiger partial charge on any atom is 0.247 e. The third-order valence-corrected chi connectivity index (χ3v) is 10.8. The Balaban J connectivity index is 1.47. The summed E-state index contributed by atoms with van der Waals surface area (Å²) >= 11 is 24.7. The highest BCUT2D eigenvalue weighted by molar-refractivity contribution is 9.10. The summed E-state index contributed by atoms with van der Waals surface area (Å²) in [7, 11) is 0. The molecular formula is C30H24BrCl3N2O3. The number of carbonyl (C=O) groups is 3. The molecule has 0 aromatic heterocycles. The number of nitrogens with zero attached hydrogens (tertiary/aromatic N) is 1. The van der Waals surface area contributed by atoms with E-state index in [4.69, 9.17) is 34.8 Å². The molecule has 3 atom stereocenters. The van der Waals surface area contributed by atoms with E-state index in [1.165, 1.54) is 0 Å².